The lowest BCUT2D eigenvalue weighted by molar-refractivity contribution is -0.127. The molecule has 0 spiro atoms. The lowest BCUT2D eigenvalue weighted by Crippen LogP contribution is -2.31. The van der Waals surface area contributed by atoms with Gasteiger partial charge in [0, 0.05) is 25.7 Å². The van der Waals surface area contributed by atoms with E-state index >= 15 is 0 Å². The molecule has 0 atom stereocenters. The number of anilines is 1. The molecule has 1 aliphatic heterocycles. The summed E-state index contributed by atoms with van der Waals surface area (Å²) in [5.74, 6) is -0.00487. The minimum Gasteiger partial charge on any atom is -0.395 e. The molecule has 0 radical (unpaired) electrons. The molecule has 2 aromatic rings. The van der Waals surface area contributed by atoms with Gasteiger partial charge in [-0.15, -0.1) is 0 Å². The van der Waals surface area contributed by atoms with Gasteiger partial charge < -0.3 is 10.0 Å². The summed E-state index contributed by atoms with van der Waals surface area (Å²) in [4.78, 5) is 14.1. The van der Waals surface area contributed by atoms with E-state index < -0.39 is 10.0 Å². The van der Waals surface area contributed by atoms with Crippen molar-refractivity contribution in [1.29, 1.82) is 0 Å². The van der Waals surface area contributed by atoms with Crippen molar-refractivity contribution >= 4 is 27.7 Å². The zero-order chi connectivity index (χ0) is 20.0. The number of hydrogen-bond acceptors (Lipinski definition) is 4. The minimum absolute atomic E-state index is 0.106. The Labute approximate surface area is 165 Å². The van der Waals surface area contributed by atoms with E-state index in [0.29, 0.717) is 25.2 Å². The Hall–Kier alpha value is -2.64. The van der Waals surface area contributed by atoms with E-state index in [9.17, 15) is 18.3 Å². The van der Waals surface area contributed by atoms with Gasteiger partial charge in [-0.05, 0) is 35.8 Å². The molecule has 148 valence electrons. The van der Waals surface area contributed by atoms with Crippen LogP contribution in [0.1, 0.15) is 17.5 Å². The number of amides is 1. The van der Waals surface area contributed by atoms with E-state index in [-0.39, 0.29) is 24.8 Å². The summed E-state index contributed by atoms with van der Waals surface area (Å²) in [5, 5.41) is 9.25. The molecule has 2 aromatic carbocycles. The Kier molecular flexibility index (Phi) is 6.49. The highest BCUT2D eigenvalue weighted by Crippen LogP contribution is 2.24. The predicted octanol–water partition coefficient (Wildman–Crippen LogP) is 2.26. The van der Waals surface area contributed by atoms with Crippen molar-refractivity contribution in [3.05, 3.63) is 71.8 Å². The maximum atomic E-state index is 12.5. The van der Waals surface area contributed by atoms with Gasteiger partial charge in [0.2, 0.25) is 15.9 Å². The van der Waals surface area contributed by atoms with E-state index in [0.717, 1.165) is 11.1 Å². The van der Waals surface area contributed by atoms with Gasteiger partial charge in [0.15, 0.2) is 0 Å². The van der Waals surface area contributed by atoms with Crippen LogP contribution in [0.5, 0.6) is 0 Å². The van der Waals surface area contributed by atoms with Crippen LogP contribution in [-0.2, 0) is 21.4 Å². The highest BCUT2D eigenvalue weighted by atomic mass is 32.2. The molecule has 0 aromatic heterocycles. The largest absolute Gasteiger partial charge is 0.395 e. The number of nitrogens with zero attached hydrogens (tertiary/aromatic N) is 2. The van der Waals surface area contributed by atoms with Crippen LogP contribution in [0.25, 0.3) is 6.08 Å². The van der Waals surface area contributed by atoms with Gasteiger partial charge in [0.1, 0.15) is 0 Å². The van der Waals surface area contributed by atoms with Crippen LogP contribution in [0.4, 0.5) is 5.69 Å². The summed E-state index contributed by atoms with van der Waals surface area (Å²) in [6.45, 7) is 1.08. The molecule has 0 bridgehead atoms. The highest BCUT2D eigenvalue weighted by molar-refractivity contribution is 7.93. The van der Waals surface area contributed by atoms with E-state index in [1.165, 1.54) is 10.4 Å². The lowest BCUT2D eigenvalue weighted by atomic mass is 10.1. The Bertz CT molecular complexity index is 925. The summed E-state index contributed by atoms with van der Waals surface area (Å²) >= 11 is 0. The first-order valence-corrected chi connectivity index (χ1v) is 10.8. The van der Waals surface area contributed by atoms with Crippen LogP contribution in [0.3, 0.4) is 0 Å². The smallest absolute Gasteiger partial charge is 0.246 e. The monoisotopic (exact) mass is 400 g/mol. The van der Waals surface area contributed by atoms with Crippen LogP contribution in [0.2, 0.25) is 0 Å². The van der Waals surface area contributed by atoms with E-state index in [2.05, 4.69) is 0 Å². The van der Waals surface area contributed by atoms with Gasteiger partial charge in [-0.1, -0.05) is 42.5 Å². The number of carbonyl (C=O) groups is 1. The van der Waals surface area contributed by atoms with E-state index in [1.54, 1.807) is 35.2 Å². The molecule has 28 heavy (non-hydrogen) atoms. The number of aliphatic hydroxyl groups is 1. The molecular weight excluding hydrogens is 376 g/mol. The Morgan fingerprint density at radius 1 is 1.11 bits per heavy atom. The molecule has 0 aliphatic carbocycles. The number of aliphatic hydroxyl groups excluding tert-OH is 1. The average molecular weight is 401 g/mol. The standard InChI is InChI=1S/C21H24N2O4S/c24-15-14-22(17-19-5-2-1-3-6-19)21(25)12-9-18-7-10-20(11-8-18)23-13-4-16-28(23,26)27/h1-3,5-12,24H,4,13-17H2/b12-9+. The molecule has 1 amide bonds. The molecule has 1 heterocycles. The third-order valence-electron chi connectivity index (χ3n) is 4.60. The molecule has 7 heteroatoms. The maximum Gasteiger partial charge on any atom is 0.246 e. The van der Waals surface area contributed by atoms with E-state index in [4.69, 9.17) is 0 Å². The second-order valence-electron chi connectivity index (χ2n) is 6.64. The van der Waals surface area contributed by atoms with Crippen LogP contribution in [-0.4, -0.2) is 49.8 Å². The number of carbonyl (C=O) groups excluding carboxylic acids is 1. The van der Waals surface area contributed by atoms with Crippen molar-refractivity contribution in [3.8, 4) is 0 Å². The molecular formula is C21H24N2O4S. The van der Waals surface area contributed by atoms with Gasteiger partial charge in [-0.3, -0.25) is 9.10 Å². The van der Waals surface area contributed by atoms with Crippen LogP contribution < -0.4 is 4.31 Å². The quantitative estimate of drug-likeness (QED) is 0.723. The SMILES string of the molecule is O=C(/C=C/c1ccc(N2CCCS2(=O)=O)cc1)N(CCO)Cc1ccccc1. The number of rotatable bonds is 7. The molecule has 3 rings (SSSR count). The number of benzene rings is 2. The topological polar surface area (TPSA) is 77.9 Å². The Morgan fingerprint density at radius 3 is 2.43 bits per heavy atom. The summed E-state index contributed by atoms with van der Waals surface area (Å²) in [7, 11) is -3.20. The fraction of sp³-hybridized carbons (Fsp3) is 0.286. The number of hydrogen-bond donors (Lipinski definition) is 1. The molecule has 1 aliphatic rings. The summed E-state index contributed by atoms with van der Waals surface area (Å²) in [6, 6.07) is 16.7. The second kappa shape index (κ2) is 9.03. The first kappa shape index (κ1) is 20.1. The average Bonchev–Trinajstić information content (AvgIpc) is 3.06. The summed E-state index contributed by atoms with van der Waals surface area (Å²) in [5.41, 5.74) is 2.44. The normalized spacial score (nSPS) is 15.8. The second-order valence-corrected chi connectivity index (χ2v) is 8.65. The van der Waals surface area contributed by atoms with Crippen molar-refractivity contribution in [2.24, 2.45) is 0 Å². The third kappa shape index (κ3) is 4.99. The van der Waals surface area contributed by atoms with Gasteiger partial charge in [-0.2, -0.15) is 0 Å². The zero-order valence-corrected chi connectivity index (χ0v) is 16.4. The van der Waals surface area contributed by atoms with Crippen molar-refractivity contribution in [2.45, 2.75) is 13.0 Å². The molecule has 0 unspecified atom stereocenters. The molecule has 1 fully saturated rings. The third-order valence-corrected chi connectivity index (χ3v) is 6.47. The fourth-order valence-corrected chi connectivity index (χ4v) is 4.71. The first-order valence-electron chi connectivity index (χ1n) is 9.22. The molecule has 1 saturated heterocycles. The van der Waals surface area contributed by atoms with Crippen LogP contribution in [0, 0.1) is 0 Å². The lowest BCUT2D eigenvalue weighted by Gasteiger charge is -2.20. The van der Waals surface area contributed by atoms with Gasteiger partial charge in [-0.25, -0.2) is 8.42 Å². The maximum absolute atomic E-state index is 12.5. The molecule has 0 saturated carbocycles. The Balaban J connectivity index is 1.66. The zero-order valence-electron chi connectivity index (χ0n) is 15.6. The first-order chi connectivity index (χ1) is 13.5. The van der Waals surface area contributed by atoms with Crippen molar-refractivity contribution < 1.29 is 18.3 Å². The van der Waals surface area contributed by atoms with Gasteiger partial charge in [0.25, 0.3) is 0 Å². The van der Waals surface area contributed by atoms with Gasteiger partial charge in [0.05, 0.1) is 18.0 Å². The van der Waals surface area contributed by atoms with Crippen LogP contribution in [0.15, 0.2) is 60.7 Å². The van der Waals surface area contributed by atoms with Crippen LogP contribution >= 0.6 is 0 Å². The Morgan fingerprint density at radius 2 is 1.82 bits per heavy atom. The van der Waals surface area contributed by atoms with Gasteiger partial charge >= 0.3 is 0 Å². The highest BCUT2D eigenvalue weighted by Gasteiger charge is 2.28. The molecule has 1 N–H and O–H groups in total. The predicted molar refractivity (Wildman–Crippen MR) is 110 cm³/mol. The number of sulfonamides is 1. The summed E-state index contributed by atoms with van der Waals surface area (Å²) < 4.78 is 25.4. The fourth-order valence-electron chi connectivity index (χ4n) is 3.15. The minimum atomic E-state index is -3.20. The van der Waals surface area contributed by atoms with E-state index in [1.807, 2.05) is 30.3 Å². The van der Waals surface area contributed by atoms with Crippen molar-refractivity contribution in [2.75, 3.05) is 29.8 Å². The van der Waals surface area contributed by atoms with Crippen molar-refractivity contribution in [3.63, 3.8) is 0 Å². The molecule has 6 nitrogen and oxygen atoms in total. The van der Waals surface area contributed by atoms with Crippen molar-refractivity contribution in [1.82, 2.24) is 4.90 Å². The summed E-state index contributed by atoms with van der Waals surface area (Å²) in [6.07, 6.45) is 3.81.